The lowest BCUT2D eigenvalue weighted by molar-refractivity contribution is 0.247. The fourth-order valence-electron chi connectivity index (χ4n) is 2.19. The van der Waals surface area contributed by atoms with Crippen LogP contribution in [-0.2, 0) is 6.54 Å². The molecule has 0 atom stereocenters. The summed E-state index contributed by atoms with van der Waals surface area (Å²) in [6.07, 6.45) is 1.59. The molecule has 3 aromatic rings. The van der Waals surface area contributed by atoms with Crippen LogP contribution in [0.25, 0.3) is 0 Å². The zero-order valence-electron chi connectivity index (χ0n) is 12.0. The number of carbonyl (C=O) groups excluding carboxylic acids is 1. The van der Waals surface area contributed by atoms with Crippen LogP contribution in [0, 0.1) is 0 Å². The first-order valence-electron chi connectivity index (χ1n) is 7.05. The number of urea groups is 1. The van der Waals surface area contributed by atoms with Gasteiger partial charge in [-0.25, -0.2) is 4.79 Å². The molecule has 0 bridgehead atoms. The maximum Gasteiger partial charge on any atom is 0.326 e. The molecule has 4 heteroatoms. The van der Waals surface area contributed by atoms with E-state index in [1.807, 2.05) is 66.7 Å². The van der Waals surface area contributed by atoms with E-state index in [9.17, 15) is 4.79 Å². The van der Waals surface area contributed by atoms with Crippen LogP contribution in [-0.4, -0.2) is 6.03 Å². The van der Waals surface area contributed by atoms with Crippen molar-refractivity contribution in [2.75, 3.05) is 4.90 Å². The maximum atomic E-state index is 12.6. The average molecular weight is 292 g/mol. The Kier molecular flexibility index (Phi) is 4.20. The summed E-state index contributed by atoms with van der Waals surface area (Å²) < 4.78 is 5.24. The largest absolute Gasteiger partial charge is 0.467 e. The highest BCUT2D eigenvalue weighted by atomic mass is 16.3. The molecule has 0 aliphatic carbocycles. The zero-order valence-corrected chi connectivity index (χ0v) is 12.0. The zero-order chi connectivity index (χ0) is 15.2. The molecule has 1 aromatic heterocycles. The van der Waals surface area contributed by atoms with E-state index in [1.54, 1.807) is 17.2 Å². The van der Waals surface area contributed by atoms with Crippen molar-refractivity contribution in [3.05, 3.63) is 84.8 Å². The number of anilines is 2. The highest BCUT2D eigenvalue weighted by Crippen LogP contribution is 2.24. The second-order valence-corrected chi connectivity index (χ2v) is 4.74. The topological polar surface area (TPSA) is 45.5 Å². The molecule has 22 heavy (non-hydrogen) atoms. The predicted octanol–water partition coefficient (Wildman–Crippen LogP) is 4.33. The first-order chi connectivity index (χ1) is 10.8. The Morgan fingerprint density at radius 1 is 0.864 bits per heavy atom. The minimum absolute atomic E-state index is 0.200. The molecule has 0 saturated carbocycles. The lowest BCUT2D eigenvalue weighted by Gasteiger charge is -2.23. The van der Waals surface area contributed by atoms with Crippen LogP contribution in [0.1, 0.15) is 5.76 Å². The van der Waals surface area contributed by atoms with Gasteiger partial charge >= 0.3 is 6.03 Å². The second-order valence-electron chi connectivity index (χ2n) is 4.74. The fraction of sp³-hybridized carbons (Fsp3) is 0.0556. The summed E-state index contributed by atoms with van der Waals surface area (Å²) in [7, 11) is 0. The molecule has 2 aromatic carbocycles. The smallest absolute Gasteiger partial charge is 0.326 e. The van der Waals surface area contributed by atoms with Gasteiger partial charge in [0, 0.05) is 0 Å². The monoisotopic (exact) mass is 292 g/mol. The molecule has 4 nitrogen and oxygen atoms in total. The molecule has 0 aliphatic rings. The Bertz CT molecular complexity index is 670. The number of amides is 2. The van der Waals surface area contributed by atoms with E-state index in [-0.39, 0.29) is 6.03 Å². The lowest BCUT2D eigenvalue weighted by atomic mass is 10.2. The third kappa shape index (κ3) is 3.17. The average Bonchev–Trinajstić information content (AvgIpc) is 3.09. The summed E-state index contributed by atoms with van der Waals surface area (Å²) in [5, 5.41) is 2.88. The number of rotatable bonds is 4. The van der Waals surface area contributed by atoms with E-state index in [4.69, 9.17) is 4.42 Å². The number of benzene rings is 2. The van der Waals surface area contributed by atoms with E-state index in [1.165, 1.54) is 0 Å². The Balaban J connectivity index is 1.83. The minimum atomic E-state index is -0.200. The van der Waals surface area contributed by atoms with Gasteiger partial charge < -0.3 is 9.73 Å². The van der Waals surface area contributed by atoms with Crippen molar-refractivity contribution in [3.8, 4) is 0 Å². The van der Waals surface area contributed by atoms with Gasteiger partial charge in [0.05, 0.1) is 24.2 Å². The van der Waals surface area contributed by atoms with Crippen molar-refractivity contribution in [1.29, 1.82) is 0 Å². The van der Waals surface area contributed by atoms with Crippen LogP contribution in [0.15, 0.2) is 83.5 Å². The van der Waals surface area contributed by atoms with Crippen molar-refractivity contribution in [3.63, 3.8) is 0 Å². The first kappa shape index (κ1) is 13.9. The molecule has 2 amide bonds. The van der Waals surface area contributed by atoms with Crippen LogP contribution in [0.4, 0.5) is 16.2 Å². The molecule has 3 rings (SSSR count). The van der Waals surface area contributed by atoms with Gasteiger partial charge in [-0.3, -0.25) is 4.90 Å². The van der Waals surface area contributed by atoms with Gasteiger partial charge in [-0.15, -0.1) is 0 Å². The third-order valence-electron chi connectivity index (χ3n) is 3.23. The van der Waals surface area contributed by atoms with E-state index in [0.29, 0.717) is 6.54 Å². The van der Waals surface area contributed by atoms with Gasteiger partial charge in [0.2, 0.25) is 0 Å². The summed E-state index contributed by atoms with van der Waals surface area (Å²) in [6.45, 7) is 0.349. The molecule has 0 spiro atoms. The van der Waals surface area contributed by atoms with Gasteiger partial charge in [-0.2, -0.15) is 0 Å². The molecule has 1 N–H and O–H groups in total. The normalized spacial score (nSPS) is 10.2. The molecule has 1 heterocycles. The van der Waals surface area contributed by atoms with Crippen LogP contribution in [0.3, 0.4) is 0 Å². The molecule has 0 saturated heterocycles. The number of carbonyl (C=O) groups is 1. The number of hydrogen-bond acceptors (Lipinski definition) is 2. The second kappa shape index (κ2) is 6.63. The summed E-state index contributed by atoms with van der Waals surface area (Å²) in [4.78, 5) is 14.3. The molecule has 0 radical (unpaired) electrons. The van der Waals surface area contributed by atoms with Crippen LogP contribution in [0.5, 0.6) is 0 Å². The van der Waals surface area contributed by atoms with Gasteiger partial charge in [0.1, 0.15) is 5.76 Å². The molecule has 0 unspecified atom stereocenters. The van der Waals surface area contributed by atoms with Gasteiger partial charge in [-0.1, -0.05) is 36.4 Å². The Labute approximate surface area is 129 Å². The van der Waals surface area contributed by atoms with E-state index < -0.39 is 0 Å². The SMILES string of the molecule is O=C(NCc1ccco1)N(c1ccccc1)c1ccccc1. The molecule has 0 fully saturated rings. The van der Waals surface area contributed by atoms with Crippen LogP contribution < -0.4 is 10.2 Å². The van der Waals surface area contributed by atoms with E-state index in [0.717, 1.165) is 17.1 Å². The highest BCUT2D eigenvalue weighted by molar-refractivity contribution is 5.99. The predicted molar refractivity (Wildman–Crippen MR) is 86.0 cm³/mol. The molecule has 0 aliphatic heterocycles. The first-order valence-corrected chi connectivity index (χ1v) is 7.05. The Morgan fingerprint density at radius 3 is 1.95 bits per heavy atom. The number of nitrogens with zero attached hydrogens (tertiary/aromatic N) is 1. The van der Waals surface area contributed by atoms with Crippen LogP contribution in [0.2, 0.25) is 0 Å². The summed E-state index contributed by atoms with van der Waals surface area (Å²) in [5.74, 6) is 0.717. The summed E-state index contributed by atoms with van der Waals surface area (Å²) in [6, 6.07) is 22.5. The summed E-state index contributed by atoms with van der Waals surface area (Å²) in [5.41, 5.74) is 1.62. The van der Waals surface area contributed by atoms with Gasteiger partial charge in [-0.05, 0) is 36.4 Å². The van der Waals surface area contributed by atoms with E-state index in [2.05, 4.69) is 5.32 Å². The minimum Gasteiger partial charge on any atom is -0.467 e. The quantitative estimate of drug-likeness (QED) is 0.778. The lowest BCUT2D eigenvalue weighted by Crippen LogP contribution is -2.36. The molecule has 110 valence electrons. The van der Waals surface area contributed by atoms with Gasteiger partial charge in [0.25, 0.3) is 0 Å². The molecular weight excluding hydrogens is 276 g/mol. The van der Waals surface area contributed by atoms with Crippen molar-refractivity contribution in [1.82, 2.24) is 5.32 Å². The fourth-order valence-corrected chi connectivity index (χ4v) is 2.19. The standard InChI is InChI=1S/C18H16N2O2/c21-18(19-14-17-12-7-13-22-17)20(15-8-3-1-4-9-15)16-10-5-2-6-11-16/h1-13H,14H2,(H,19,21). The van der Waals surface area contributed by atoms with Gasteiger partial charge in [0.15, 0.2) is 0 Å². The Hall–Kier alpha value is -3.01. The number of nitrogens with one attached hydrogen (secondary N) is 1. The molecular formula is C18H16N2O2. The third-order valence-corrected chi connectivity index (χ3v) is 3.23. The number of para-hydroxylation sites is 2. The van der Waals surface area contributed by atoms with Crippen LogP contribution >= 0.6 is 0 Å². The van der Waals surface area contributed by atoms with Crippen molar-refractivity contribution in [2.45, 2.75) is 6.54 Å². The number of hydrogen-bond donors (Lipinski definition) is 1. The highest BCUT2D eigenvalue weighted by Gasteiger charge is 2.17. The Morgan fingerprint density at radius 2 is 1.45 bits per heavy atom. The van der Waals surface area contributed by atoms with E-state index >= 15 is 0 Å². The van der Waals surface area contributed by atoms with Crippen molar-refractivity contribution >= 4 is 17.4 Å². The number of furan rings is 1. The summed E-state index contributed by atoms with van der Waals surface area (Å²) >= 11 is 0. The maximum absolute atomic E-state index is 12.6. The van der Waals surface area contributed by atoms with Crippen molar-refractivity contribution < 1.29 is 9.21 Å². The van der Waals surface area contributed by atoms with Crippen molar-refractivity contribution in [2.24, 2.45) is 0 Å².